The molecular formula is C23H23Cl2N3O3. The fourth-order valence-corrected chi connectivity index (χ4v) is 3.99. The van der Waals surface area contributed by atoms with E-state index in [9.17, 15) is 4.79 Å². The fraction of sp³-hybridized carbons (Fsp3) is 0.304. The summed E-state index contributed by atoms with van der Waals surface area (Å²) in [6.45, 7) is 6.34. The smallest absolute Gasteiger partial charge is 0.234 e. The SMILES string of the molecule is Cc1noc(NC(=O)C2CN(Cc3ccc(OCc4cc(Cl)cc(Cl)c4)cc3)C2)c1C. The third kappa shape index (κ3) is 5.39. The summed E-state index contributed by atoms with van der Waals surface area (Å²) in [4.78, 5) is 14.6. The summed E-state index contributed by atoms with van der Waals surface area (Å²) in [5.41, 5.74) is 3.74. The molecule has 0 spiro atoms. The number of ether oxygens (including phenoxy) is 1. The highest BCUT2D eigenvalue weighted by Gasteiger charge is 2.33. The lowest BCUT2D eigenvalue weighted by molar-refractivity contribution is -0.125. The normalized spacial score (nSPS) is 14.3. The maximum Gasteiger partial charge on any atom is 0.234 e. The predicted molar refractivity (Wildman–Crippen MR) is 121 cm³/mol. The summed E-state index contributed by atoms with van der Waals surface area (Å²) in [6, 6.07) is 13.3. The van der Waals surface area contributed by atoms with Gasteiger partial charge in [-0.05, 0) is 55.3 Å². The van der Waals surface area contributed by atoms with Gasteiger partial charge in [-0.15, -0.1) is 0 Å². The number of hydrogen-bond donors (Lipinski definition) is 1. The van der Waals surface area contributed by atoms with Gasteiger partial charge >= 0.3 is 0 Å². The Balaban J connectivity index is 1.23. The number of halogens is 2. The van der Waals surface area contributed by atoms with Crippen LogP contribution < -0.4 is 10.1 Å². The Hall–Kier alpha value is -2.54. The average molecular weight is 460 g/mol. The molecule has 0 bridgehead atoms. The molecule has 6 nitrogen and oxygen atoms in total. The van der Waals surface area contributed by atoms with Crippen molar-refractivity contribution in [2.24, 2.45) is 5.92 Å². The van der Waals surface area contributed by atoms with E-state index < -0.39 is 0 Å². The number of carbonyl (C=O) groups excluding carboxylic acids is 1. The molecule has 31 heavy (non-hydrogen) atoms. The van der Waals surface area contributed by atoms with E-state index in [0.29, 0.717) is 35.6 Å². The van der Waals surface area contributed by atoms with E-state index >= 15 is 0 Å². The van der Waals surface area contributed by atoms with Crippen molar-refractivity contribution in [3.63, 3.8) is 0 Å². The Labute approximate surface area is 191 Å². The largest absolute Gasteiger partial charge is 0.489 e. The lowest BCUT2D eigenvalue weighted by atomic mass is 9.98. The highest BCUT2D eigenvalue weighted by Crippen LogP contribution is 2.24. The van der Waals surface area contributed by atoms with Crippen LogP contribution in [0, 0.1) is 19.8 Å². The van der Waals surface area contributed by atoms with Crippen LogP contribution in [0.15, 0.2) is 47.0 Å². The van der Waals surface area contributed by atoms with E-state index in [1.54, 1.807) is 6.07 Å². The van der Waals surface area contributed by atoms with Crippen molar-refractivity contribution >= 4 is 35.0 Å². The van der Waals surface area contributed by atoms with Gasteiger partial charge in [0.25, 0.3) is 0 Å². The number of nitrogens with one attached hydrogen (secondary N) is 1. The van der Waals surface area contributed by atoms with Crippen LogP contribution in [-0.4, -0.2) is 29.1 Å². The first-order valence-corrected chi connectivity index (χ1v) is 10.8. The van der Waals surface area contributed by atoms with Gasteiger partial charge in [-0.25, -0.2) is 0 Å². The quantitative estimate of drug-likeness (QED) is 0.522. The Morgan fingerprint density at radius 2 is 1.81 bits per heavy atom. The van der Waals surface area contributed by atoms with E-state index in [4.69, 9.17) is 32.5 Å². The minimum atomic E-state index is -0.0445. The molecule has 1 fully saturated rings. The molecule has 2 aromatic carbocycles. The minimum absolute atomic E-state index is 0.0274. The van der Waals surface area contributed by atoms with E-state index in [0.717, 1.165) is 29.1 Å². The van der Waals surface area contributed by atoms with Gasteiger partial charge in [0, 0.05) is 35.2 Å². The Morgan fingerprint density at radius 3 is 2.42 bits per heavy atom. The standard InChI is InChI=1S/C23H23Cl2N3O3/c1-14-15(2)27-31-23(14)26-22(29)18-11-28(12-18)10-16-3-5-21(6-4-16)30-13-17-7-19(24)9-20(25)8-17/h3-9,18H,10-13H2,1-2H3,(H,26,29). The molecule has 1 aliphatic heterocycles. The summed E-state index contributed by atoms with van der Waals surface area (Å²) in [5.74, 6) is 1.15. The number of likely N-dealkylation sites (tertiary alicyclic amines) is 1. The van der Waals surface area contributed by atoms with Gasteiger partial charge in [0.05, 0.1) is 11.6 Å². The van der Waals surface area contributed by atoms with Crippen LogP contribution in [0.3, 0.4) is 0 Å². The van der Waals surface area contributed by atoms with Crippen LogP contribution in [0.5, 0.6) is 5.75 Å². The molecule has 1 saturated heterocycles. The van der Waals surface area contributed by atoms with Gasteiger partial charge in [0.1, 0.15) is 12.4 Å². The Morgan fingerprint density at radius 1 is 1.13 bits per heavy atom. The molecule has 1 N–H and O–H groups in total. The first-order valence-electron chi connectivity index (χ1n) is 10.00. The zero-order valence-electron chi connectivity index (χ0n) is 17.3. The molecular weight excluding hydrogens is 437 g/mol. The third-order valence-electron chi connectivity index (χ3n) is 5.38. The van der Waals surface area contributed by atoms with Crippen molar-refractivity contribution in [3.05, 3.63) is 74.9 Å². The lowest BCUT2D eigenvalue weighted by Crippen LogP contribution is -2.51. The first-order chi connectivity index (χ1) is 14.9. The van der Waals surface area contributed by atoms with Crippen molar-refractivity contribution in [2.75, 3.05) is 18.4 Å². The maximum atomic E-state index is 12.4. The minimum Gasteiger partial charge on any atom is -0.489 e. The van der Waals surface area contributed by atoms with Gasteiger partial charge in [-0.1, -0.05) is 40.5 Å². The maximum absolute atomic E-state index is 12.4. The van der Waals surface area contributed by atoms with Gasteiger partial charge < -0.3 is 9.26 Å². The summed E-state index contributed by atoms with van der Waals surface area (Å²) < 4.78 is 11.0. The van der Waals surface area contributed by atoms with Crippen LogP contribution in [0.2, 0.25) is 10.0 Å². The molecule has 0 unspecified atom stereocenters. The zero-order chi connectivity index (χ0) is 22.0. The second kappa shape index (κ2) is 9.30. The molecule has 162 valence electrons. The van der Waals surface area contributed by atoms with Crippen molar-refractivity contribution in [2.45, 2.75) is 27.0 Å². The summed E-state index contributed by atoms with van der Waals surface area (Å²) >= 11 is 12.0. The molecule has 8 heteroatoms. The average Bonchev–Trinajstić information content (AvgIpc) is 3.01. The van der Waals surface area contributed by atoms with E-state index in [1.165, 1.54) is 5.56 Å². The van der Waals surface area contributed by atoms with Gasteiger partial charge in [0.2, 0.25) is 11.8 Å². The Kier molecular flexibility index (Phi) is 6.51. The predicted octanol–water partition coefficient (Wildman–Crippen LogP) is 5.25. The number of hydrogen-bond acceptors (Lipinski definition) is 5. The van der Waals surface area contributed by atoms with E-state index in [-0.39, 0.29) is 11.8 Å². The number of amides is 1. The van der Waals surface area contributed by atoms with Crippen molar-refractivity contribution in [1.29, 1.82) is 0 Å². The molecule has 0 aliphatic carbocycles. The van der Waals surface area contributed by atoms with Crippen LogP contribution in [0.4, 0.5) is 5.88 Å². The van der Waals surface area contributed by atoms with E-state index in [2.05, 4.69) is 15.4 Å². The zero-order valence-corrected chi connectivity index (χ0v) is 18.8. The van der Waals surface area contributed by atoms with Crippen molar-refractivity contribution in [1.82, 2.24) is 10.1 Å². The fourth-order valence-electron chi connectivity index (χ4n) is 3.42. The topological polar surface area (TPSA) is 67.6 Å². The first kappa shape index (κ1) is 21.7. The molecule has 0 saturated carbocycles. The monoisotopic (exact) mass is 459 g/mol. The number of nitrogens with zero attached hydrogens (tertiary/aromatic N) is 2. The highest BCUT2D eigenvalue weighted by atomic mass is 35.5. The van der Waals surface area contributed by atoms with Gasteiger partial charge in [0.15, 0.2) is 0 Å². The molecule has 1 amide bonds. The molecule has 1 aromatic heterocycles. The van der Waals surface area contributed by atoms with Crippen LogP contribution in [0.1, 0.15) is 22.4 Å². The molecule has 0 radical (unpaired) electrons. The number of carbonyl (C=O) groups is 1. The summed E-state index contributed by atoms with van der Waals surface area (Å²) in [5, 5.41) is 7.88. The van der Waals surface area contributed by atoms with Crippen LogP contribution >= 0.6 is 23.2 Å². The Bertz CT molecular complexity index is 1060. The van der Waals surface area contributed by atoms with Crippen LogP contribution in [-0.2, 0) is 17.9 Å². The number of rotatable bonds is 7. The summed E-state index contributed by atoms with van der Waals surface area (Å²) in [6.07, 6.45) is 0. The van der Waals surface area contributed by atoms with Crippen LogP contribution in [0.25, 0.3) is 0 Å². The van der Waals surface area contributed by atoms with Crippen molar-refractivity contribution in [3.8, 4) is 5.75 Å². The second-order valence-electron chi connectivity index (χ2n) is 7.81. The van der Waals surface area contributed by atoms with Gasteiger partial charge in [-0.3, -0.25) is 15.0 Å². The highest BCUT2D eigenvalue weighted by molar-refractivity contribution is 6.34. The summed E-state index contributed by atoms with van der Waals surface area (Å²) in [7, 11) is 0. The van der Waals surface area contributed by atoms with Gasteiger partial charge in [-0.2, -0.15) is 0 Å². The lowest BCUT2D eigenvalue weighted by Gasteiger charge is -2.38. The number of anilines is 1. The molecule has 1 aliphatic rings. The number of benzene rings is 2. The second-order valence-corrected chi connectivity index (χ2v) is 8.69. The van der Waals surface area contributed by atoms with Crippen molar-refractivity contribution < 1.29 is 14.1 Å². The molecule has 4 rings (SSSR count). The molecule has 0 atom stereocenters. The molecule has 2 heterocycles. The molecule has 3 aromatic rings. The number of aromatic nitrogens is 1. The number of aryl methyl sites for hydroxylation is 1. The third-order valence-corrected chi connectivity index (χ3v) is 5.82. The van der Waals surface area contributed by atoms with E-state index in [1.807, 2.05) is 50.2 Å².